The normalized spacial score (nSPS) is 19.5. The third-order valence-electron chi connectivity index (χ3n) is 1.92. The van der Waals surface area contributed by atoms with E-state index >= 15 is 0 Å². The van der Waals surface area contributed by atoms with Crippen LogP contribution in [0.2, 0.25) is 0 Å². The smallest absolute Gasteiger partial charge is 0.291 e. The standard InChI is InChI=1S/C7H8O5S/c1-4(13(10,11)12)7-5(8)2-3-6(7)9/h7H,1-3H2,(H,10,11,12). The van der Waals surface area contributed by atoms with E-state index in [-0.39, 0.29) is 12.8 Å². The molecule has 1 N–H and O–H groups in total. The van der Waals surface area contributed by atoms with Gasteiger partial charge in [-0.3, -0.25) is 14.1 Å². The Bertz CT molecular complexity index is 362. The van der Waals surface area contributed by atoms with Crippen LogP contribution in [0.3, 0.4) is 0 Å². The van der Waals surface area contributed by atoms with Crippen molar-refractivity contribution in [1.82, 2.24) is 0 Å². The number of hydrogen-bond donors (Lipinski definition) is 1. The molecule has 13 heavy (non-hydrogen) atoms. The highest BCUT2D eigenvalue weighted by atomic mass is 32.2. The molecule has 0 spiro atoms. The zero-order valence-corrected chi connectivity index (χ0v) is 7.50. The molecule has 0 amide bonds. The fraction of sp³-hybridized carbons (Fsp3) is 0.429. The minimum Gasteiger partial charge on any atom is -0.298 e. The first-order valence-corrected chi connectivity index (χ1v) is 5.00. The van der Waals surface area contributed by atoms with Crippen molar-refractivity contribution in [3.8, 4) is 0 Å². The number of carbonyl (C=O) groups is 2. The number of carbonyl (C=O) groups excluding carboxylic acids is 2. The van der Waals surface area contributed by atoms with E-state index < -0.39 is 32.5 Å². The second kappa shape index (κ2) is 3.04. The van der Waals surface area contributed by atoms with Gasteiger partial charge in [-0.1, -0.05) is 6.58 Å². The SMILES string of the molecule is C=C(C1C(=O)CCC1=O)S(=O)(=O)O. The van der Waals surface area contributed by atoms with Crippen LogP contribution in [-0.4, -0.2) is 24.5 Å². The van der Waals surface area contributed by atoms with Gasteiger partial charge in [0.05, 0.1) is 4.91 Å². The van der Waals surface area contributed by atoms with Crippen LogP contribution >= 0.6 is 0 Å². The van der Waals surface area contributed by atoms with E-state index in [1.54, 1.807) is 0 Å². The fourth-order valence-electron chi connectivity index (χ4n) is 1.22. The minimum absolute atomic E-state index is 0.0258. The van der Waals surface area contributed by atoms with Crippen LogP contribution in [0, 0.1) is 5.92 Å². The van der Waals surface area contributed by atoms with Gasteiger partial charge < -0.3 is 0 Å². The summed E-state index contributed by atoms with van der Waals surface area (Å²) in [7, 11) is -4.49. The van der Waals surface area contributed by atoms with Crippen LogP contribution < -0.4 is 0 Å². The van der Waals surface area contributed by atoms with Gasteiger partial charge in [-0.25, -0.2) is 0 Å². The van der Waals surface area contributed by atoms with Gasteiger partial charge >= 0.3 is 0 Å². The third-order valence-corrected chi connectivity index (χ3v) is 2.81. The molecule has 0 unspecified atom stereocenters. The topological polar surface area (TPSA) is 88.5 Å². The highest BCUT2D eigenvalue weighted by Gasteiger charge is 2.39. The second-order valence-corrected chi connectivity index (χ2v) is 4.28. The van der Waals surface area contributed by atoms with E-state index in [1.165, 1.54) is 0 Å². The molecule has 0 aromatic heterocycles. The molecule has 1 fully saturated rings. The Labute approximate surface area is 75.2 Å². The van der Waals surface area contributed by atoms with Crippen molar-refractivity contribution in [2.45, 2.75) is 12.8 Å². The Hall–Kier alpha value is -1.01. The lowest BCUT2D eigenvalue weighted by atomic mass is 10.1. The van der Waals surface area contributed by atoms with Gasteiger partial charge in [0.15, 0.2) is 0 Å². The minimum atomic E-state index is -4.49. The van der Waals surface area contributed by atoms with Gasteiger partial charge in [-0.2, -0.15) is 8.42 Å². The third kappa shape index (κ3) is 1.84. The average Bonchev–Trinajstić information content (AvgIpc) is 2.28. The molecule has 1 saturated carbocycles. The Balaban J connectivity index is 3.02. The molecular formula is C7H8O5S. The summed E-state index contributed by atoms with van der Waals surface area (Å²) >= 11 is 0. The van der Waals surface area contributed by atoms with Gasteiger partial charge in [-0.05, 0) is 0 Å². The van der Waals surface area contributed by atoms with Crippen LogP contribution in [0.1, 0.15) is 12.8 Å². The average molecular weight is 204 g/mol. The second-order valence-electron chi connectivity index (χ2n) is 2.81. The van der Waals surface area contributed by atoms with Crippen molar-refractivity contribution < 1.29 is 22.6 Å². The first-order chi connectivity index (χ1) is 5.84. The Morgan fingerprint density at radius 2 is 1.69 bits per heavy atom. The Kier molecular flexibility index (Phi) is 2.36. The van der Waals surface area contributed by atoms with Crippen LogP contribution in [-0.2, 0) is 19.7 Å². The van der Waals surface area contributed by atoms with E-state index in [2.05, 4.69) is 6.58 Å². The lowest BCUT2D eigenvalue weighted by Gasteiger charge is -2.06. The molecular weight excluding hydrogens is 196 g/mol. The molecule has 5 nitrogen and oxygen atoms in total. The van der Waals surface area contributed by atoms with Gasteiger partial charge in [0, 0.05) is 12.8 Å². The summed E-state index contributed by atoms with van der Waals surface area (Å²) in [6.45, 7) is 3.03. The van der Waals surface area contributed by atoms with Crippen LogP contribution in [0.25, 0.3) is 0 Å². The van der Waals surface area contributed by atoms with Gasteiger partial charge in [0.1, 0.15) is 17.5 Å². The van der Waals surface area contributed by atoms with E-state index in [9.17, 15) is 18.0 Å². The van der Waals surface area contributed by atoms with Gasteiger partial charge in [0.25, 0.3) is 10.1 Å². The lowest BCUT2D eigenvalue weighted by molar-refractivity contribution is -0.125. The molecule has 0 aliphatic heterocycles. The first kappa shape index (κ1) is 10.1. The number of Topliss-reactive ketones (excluding diaryl/α,β-unsaturated/α-hetero) is 2. The number of hydrogen-bond acceptors (Lipinski definition) is 4. The molecule has 0 aromatic rings. The molecule has 72 valence electrons. The molecule has 1 aliphatic carbocycles. The lowest BCUT2D eigenvalue weighted by Crippen LogP contribution is -2.21. The number of ketones is 2. The predicted octanol–water partition coefficient (Wildman–Crippen LogP) is -0.0639. The Morgan fingerprint density at radius 3 is 2.00 bits per heavy atom. The van der Waals surface area contributed by atoms with Crippen LogP contribution in [0.5, 0.6) is 0 Å². The zero-order chi connectivity index (χ0) is 10.2. The molecule has 0 heterocycles. The molecule has 0 saturated heterocycles. The van der Waals surface area contributed by atoms with Crippen molar-refractivity contribution in [3.63, 3.8) is 0 Å². The monoisotopic (exact) mass is 204 g/mol. The number of rotatable bonds is 2. The maximum Gasteiger partial charge on any atom is 0.291 e. The molecule has 6 heteroatoms. The molecule has 0 atom stereocenters. The van der Waals surface area contributed by atoms with E-state index in [0.717, 1.165) is 0 Å². The molecule has 0 bridgehead atoms. The summed E-state index contributed by atoms with van der Waals surface area (Å²) in [5, 5.41) is 0. The maximum absolute atomic E-state index is 11.0. The van der Waals surface area contributed by atoms with Crippen molar-refractivity contribution in [1.29, 1.82) is 0 Å². The van der Waals surface area contributed by atoms with E-state index in [1.807, 2.05) is 0 Å². The molecule has 1 aliphatic rings. The van der Waals surface area contributed by atoms with E-state index in [4.69, 9.17) is 4.55 Å². The molecule has 0 radical (unpaired) electrons. The summed E-state index contributed by atoms with van der Waals surface area (Å²) in [5.41, 5.74) is 0. The summed E-state index contributed by atoms with van der Waals surface area (Å²) < 4.78 is 29.7. The maximum atomic E-state index is 11.0. The zero-order valence-electron chi connectivity index (χ0n) is 6.69. The van der Waals surface area contributed by atoms with Crippen molar-refractivity contribution >= 4 is 21.7 Å². The van der Waals surface area contributed by atoms with Crippen LogP contribution in [0.15, 0.2) is 11.5 Å². The summed E-state index contributed by atoms with van der Waals surface area (Å²) in [4.78, 5) is 21.3. The highest BCUT2D eigenvalue weighted by molar-refractivity contribution is 7.89. The van der Waals surface area contributed by atoms with Crippen LogP contribution in [0.4, 0.5) is 0 Å². The van der Waals surface area contributed by atoms with Crippen molar-refractivity contribution in [3.05, 3.63) is 11.5 Å². The van der Waals surface area contributed by atoms with Gasteiger partial charge in [0.2, 0.25) is 0 Å². The molecule has 1 rings (SSSR count). The summed E-state index contributed by atoms with van der Waals surface area (Å²) in [6.07, 6.45) is 0.0517. The van der Waals surface area contributed by atoms with Crippen molar-refractivity contribution in [2.24, 2.45) is 5.92 Å². The quantitative estimate of drug-likeness (QED) is 0.502. The highest BCUT2D eigenvalue weighted by Crippen LogP contribution is 2.26. The fourth-order valence-corrected chi connectivity index (χ4v) is 1.78. The largest absolute Gasteiger partial charge is 0.298 e. The Morgan fingerprint density at radius 1 is 1.31 bits per heavy atom. The van der Waals surface area contributed by atoms with Crippen molar-refractivity contribution in [2.75, 3.05) is 0 Å². The summed E-state index contributed by atoms with van der Waals surface area (Å²) in [5.74, 6) is -2.34. The van der Waals surface area contributed by atoms with E-state index in [0.29, 0.717) is 0 Å². The first-order valence-electron chi connectivity index (χ1n) is 3.55. The molecule has 0 aromatic carbocycles. The summed E-state index contributed by atoms with van der Waals surface area (Å²) in [6, 6.07) is 0. The van der Waals surface area contributed by atoms with Gasteiger partial charge in [-0.15, -0.1) is 0 Å². The predicted molar refractivity (Wildman–Crippen MR) is 43.4 cm³/mol. The number of allylic oxidation sites excluding steroid dienone is 1.